The highest BCUT2D eigenvalue weighted by molar-refractivity contribution is 5.97. The van der Waals surface area contributed by atoms with Gasteiger partial charge >= 0.3 is 5.97 Å². The van der Waals surface area contributed by atoms with Gasteiger partial charge in [-0.15, -0.1) is 0 Å². The molecule has 0 atom stereocenters. The van der Waals surface area contributed by atoms with Crippen LogP contribution in [0.1, 0.15) is 27.0 Å². The van der Waals surface area contributed by atoms with Crippen LogP contribution >= 0.6 is 0 Å². The van der Waals surface area contributed by atoms with Crippen LogP contribution in [0.25, 0.3) is 12.2 Å². The van der Waals surface area contributed by atoms with E-state index in [-0.39, 0.29) is 5.97 Å². The Labute approximate surface area is 148 Å². The first-order valence-electron chi connectivity index (χ1n) is 8.48. The Morgan fingerprint density at radius 3 is 2.60 bits per heavy atom. The third-order valence-corrected chi connectivity index (χ3v) is 4.32. The van der Waals surface area contributed by atoms with Gasteiger partial charge < -0.3 is 14.4 Å². The molecule has 4 nitrogen and oxygen atoms in total. The molecule has 130 valence electrons. The zero-order valence-electron chi connectivity index (χ0n) is 14.7. The fourth-order valence-corrected chi connectivity index (χ4v) is 3.05. The van der Waals surface area contributed by atoms with Crippen molar-refractivity contribution in [1.29, 1.82) is 0 Å². The minimum absolute atomic E-state index is 0.320. The van der Waals surface area contributed by atoms with Crippen LogP contribution in [0.2, 0.25) is 0 Å². The Balaban J connectivity index is 2.02. The molecule has 0 aliphatic carbocycles. The van der Waals surface area contributed by atoms with Crippen molar-refractivity contribution in [3.63, 3.8) is 0 Å². The lowest BCUT2D eigenvalue weighted by Crippen LogP contribution is -2.36. The summed E-state index contributed by atoms with van der Waals surface area (Å²) in [5.41, 5.74) is 4.81. The number of aryl methyl sites for hydroxylation is 1. The molecular formula is C21H23NO3. The van der Waals surface area contributed by atoms with Gasteiger partial charge in [-0.05, 0) is 24.6 Å². The number of benzene rings is 2. The molecule has 0 saturated carbocycles. The number of methoxy groups -OCH3 is 1. The third kappa shape index (κ3) is 4.09. The molecule has 2 aromatic carbocycles. The monoisotopic (exact) mass is 337 g/mol. The molecule has 1 aliphatic heterocycles. The number of anilines is 1. The second kappa shape index (κ2) is 7.99. The van der Waals surface area contributed by atoms with Crippen molar-refractivity contribution in [2.24, 2.45) is 0 Å². The van der Waals surface area contributed by atoms with Crippen molar-refractivity contribution in [2.75, 3.05) is 38.3 Å². The van der Waals surface area contributed by atoms with Crippen LogP contribution in [-0.4, -0.2) is 39.4 Å². The second-order valence-electron chi connectivity index (χ2n) is 6.08. The molecule has 0 unspecified atom stereocenters. The van der Waals surface area contributed by atoms with Gasteiger partial charge in [-0.3, -0.25) is 0 Å². The predicted octanol–water partition coefficient (Wildman–Crippen LogP) is 3.79. The van der Waals surface area contributed by atoms with E-state index in [0.717, 1.165) is 29.9 Å². The summed E-state index contributed by atoms with van der Waals surface area (Å²) in [4.78, 5) is 14.5. The van der Waals surface area contributed by atoms with Crippen molar-refractivity contribution in [3.8, 4) is 0 Å². The number of esters is 1. The molecule has 25 heavy (non-hydrogen) atoms. The van der Waals surface area contributed by atoms with E-state index >= 15 is 0 Å². The van der Waals surface area contributed by atoms with Gasteiger partial charge in [0.15, 0.2) is 0 Å². The predicted molar refractivity (Wildman–Crippen MR) is 101 cm³/mol. The Bertz CT molecular complexity index is 776. The van der Waals surface area contributed by atoms with Crippen molar-refractivity contribution in [1.82, 2.24) is 0 Å². The van der Waals surface area contributed by atoms with E-state index in [1.54, 1.807) is 0 Å². The van der Waals surface area contributed by atoms with Crippen LogP contribution in [0.15, 0.2) is 42.5 Å². The molecule has 1 heterocycles. The molecule has 0 spiro atoms. The van der Waals surface area contributed by atoms with Gasteiger partial charge in [0.1, 0.15) is 0 Å². The molecule has 1 aliphatic rings. The van der Waals surface area contributed by atoms with E-state index in [0.29, 0.717) is 18.8 Å². The van der Waals surface area contributed by atoms with E-state index in [4.69, 9.17) is 9.47 Å². The number of rotatable bonds is 4. The first-order valence-corrected chi connectivity index (χ1v) is 8.48. The van der Waals surface area contributed by atoms with Crippen molar-refractivity contribution in [3.05, 3.63) is 64.7 Å². The van der Waals surface area contributed by atoms with E-state index in [1.165, 1.54) is 12.7 Å². The summed E-state index contributed by atoms with van der Waals surface area (Å²) in [7, 11) is 1.41. The van der Waals surface area contributed by atoms with Crippen LogP contribution in [0.4, 0.5) is 5.69 Å². The lowest BCUT2D eigenvalue weighted by atomic mass is 10.0. The molecule has 2 aromatic rings. The molecule has 0 bridgehead atoms. The highest BCUT2D eigenvalue weighted by atomic mass is 16.5. The zero-order valence-corrected chi connectivity index (χ0v) is 14.7. The SMILES string of the molecule is COC(=O)c1cccc(N2CCOCC2)c1C=Cc1cccc(C)c1. The summed E-state index contributed by atoms with van der Waals surface area (Å²) in [5, 5.41) is 0. The fraction of sp³-hybridized carbons (Fsp3) is 0.286. The van der Waals surface area contributed by atoms with Gasteiger partial charge in [0.25, 0.3) is 0 Å². The Kier molecular flexibility index (Phi) is 5.51. The average molecular weight is 337 g/mol. The van der Waals surface area contributed by atoms with Gasteiger partial charge in [-0.2, -0.15) is 0 Å². The maximum Gasteiger partial charge on any atom is 0.338 e. The third-order valence-electron chi connectivity index (χ3n) is 4.32. The highest BCUT2D eigenvalue weighted by Crippen LogP contribution is 2.28. The highest BCUT2D eigenvalue weighted by Gasteiger charge is 2.19. The number of hydrogen-bond acceptors (Lipinski definition) is 4. The lowest BCUT2D eigenvalue weighted by Gasteiger charge is -2.30. The number of hydrogen-bond donors (Lipinski definition) is 0. The summed E-state index contributed by atoms with van der Waals surface area (Å²) in [6.45, 7) is 5.09. The van der Waals surface area contributed by atoms with Crippen LogP contribution < -0.4 is 4.90 Å². The van der Waals surface area contributed by atoms with Gasteiger partial charge in [0, 0.05) is 24.3 Å². The van der Waals surface area contributed by atoms with Crippen molar-refractivity contribution in [2.45, 2.75) is 6.92 Å². The lowest BCUT2D eigenvalue weighted by molar-refractivity contribution is 0.0600. The number of carbonyl (C=O) groups is 1. The second-order valence-corrected chi connectivity index (χ2v) is 6.08. The molecule has 0 aromatic heterocycles. The number of morpholine rings is 1. The number of nitrogens with zero attached hydrogens (tertiary/aromatic N) is 1. The minimum Gasteiger partial charge on any atom is -0.465 e. The van der Waals surface area contributed by atoms with Gasteiger partial charge in [0.05, 0.1) is 25.9 Å². The van der Waals surface area contributed by atoms with E-state index < -0.39 is 0 Å². The molecule has 0 N–H and O–H groups in total. The van der Waals surface area contributed by atoms with E-state index in [1.807, 2.05) is 36.4 Å². The standard InChI is InChI=1S/C21H23NO3/c1-16-5-3-6-17(15-16)9-10-18-19(21(23)24-2)7-4-8-20(18)22-11-13-25-14-12-22/h3-10,15H,11-14H2,1-2H3. The zero-order chi connectivity index (χ0) is 17.6. The van der Waals surface area contributed by atoms with Crippen LogP contribution in [0.3, 0.4) is 0 Å². The summed E-state index contributed by atoms with van der Waals surface area (Å²) >= 11 is 0. The summed E-state index contributed by atoms with van der Waals surface area (Å²) < 4.78 is 10.4. The molecule has 3 rings (SSSR count). The fourth-order valence-electron chi connectivity index (χ4n) is 3.05. The summed E-state index contributed by atoms with van der Waals surface area (Å²) in [5.74, 6) is -0.320. The first kappa shape index (κ1) is 17.2. The van der Waals surface area contributed by atoms with Crippen LogP contribution in [0.5, 0.6) is 0 Å². The first-order chi connectivity index (χ1) is 12.2. The topological polar surface area (TPSA) is 38.8 Å². The molecule has 0 amide bonds. The Morgan fingerprint density at radius 1 is 1.12 bits per heavy atom. The van der Waals surface area contributed by atoms with Gasteiger partial charge in [-0.25, -0.2) is 4.79 Å². The molecule has 1 saturated heterocycles. The van der Waals surface area contributed by atoms with Crippen molar-refractivity contribution >= 4 is 23.8 Å². The smallest absolute Gasteiger partial charge is 0.338 e. The van der Waals surface area contributed by atoms with Gasteiger partial charge in [-0.1, -0.05) is 48.0 Å². The van der Waals surface area contributed by atoms with Crippen LogP contribution in [0, 0.1) is 6.92 Å². The number of ether oxygens (including phenoxy) is 2. The summed E-state index contributed by atoms with van der Waals surface area (Å²) in [6.07, 6.45) is 4.05. The Hall–Kier alpha value is -2.59. The normalized spacial score (nSPS) is 14.7. The quantitative estimate of drug-likeness (QED) is 0.628. The van der Waals surface area contributed by atoms with Gasteiger partial charge in [0.2, 0.25) is 0 Å². The van der Waals surface area contributed by atoms with E-state index in [2.05, 4.69) is 30.0 Å². The minimum atomic E-state index is -0.320. The molecule has 4 heteroatoms. The maximum absolute atomic E-state index is 12.2. The van der Waals surface area contributed by atoms with Crippen LogP contribution in [-0.2, 0) is 9.47 Å². The molecule has 1 fully saturated rings. The Morgan fingerprint density at radius 2 is 1.88 bits per heavy atom. The number of carbonyl (C=O) groups excluding carboxylic acids is 1. The average Bonchev–Trinajstić information content (AvgIpc) is 2.66. The largest absolute Gasteiger partial charge is 0.465 e. The van der Waals surface area contributed by atoms with Crippen molar-refractivity contribution < 1.29 is 14.3 Å². The summed E-state index contributed by atoms with van der Waals surface area (Å²) in [6, 6.07) is 14.0. The molecule has 0 radical (unpaired) electrons. The van der Waals surface area contributed by atoms with E-state index in [9.17, 15) is 4.79 Å². The maximum atomic E-state index is 12.2. The molecular weight excluding hydrogens is 314 g/mol.